The maximum absolute atomic E-state index is 3.81. The van der Waals surface area contributed by atoms with Crippen molar-refractivity contribution in [1.29, 1.82) is 0 Å². The standard InChI is InChI=1S/C17H14Br2/c18-11-9-13-12-5-1-2-6-14(12)17(7-3-4-8-17)16(13)15(19)10-11/h1-2,5-6,9-10H,3-4,7-8H2. The minimum absolute atomic E-state index is 0.269. The Morgan fingerprint density at radius 1 is 0.895 bits per heavy atom. The summed E-state index contributed by atoms with van der Waals surface area (Å²) in [6.07, 6.45) is 5.26. The van der Waals surface area contributed by atoms with E-state index in [4.69, 9.17) is 0 Å². The molecule has 4 rings (SSSR count). The highest BCUT2D eigenvalue weighted by Gasteiger charge is 2.46. The molecule has 0 nitrogen and oxygen atoms in total. The van der Waals surface area contributed by atoms with Gasteiger partial charge in [-0.05, 0) is 47.2 Å². The minimum atomic E-state index is 0.269. The average molecular weight is 378 g/mol. The van der Waals surface area contributed by atoms with Crippen molar-refractivity contribution in [3.05, 3.63) is 56.5 Å². The van der Waals surface area contributed by atoms with Crippen LogP contribution in [0, 0.1) is 0 Å². The van der Waals surface area contributed by atoms with E-state index in [1.807, 2.05) is 0 Å². The minimum Gasteiger partial charge on any atom is -0.0619 e. The van der Waals surface area contributed by atoms with Crippen molar-refractivity contribution in [3.63, 3.8) is 0 Å². The van der Waals surface area contributed by atoms with Gasteiger partial charge in [0.1, 0.15) is 0 Å². The fourth-order valence-electron chi connectivity index (χ4n) is 4.04. The summed E-state index contributed by atoms with van der Waals surface area (Å²) in [5.41, 5.74) is 6.18. The highest BCUT2D eigenvalue weighted by atomic mass is 79.9. The molecule has 0 bridgehead atoms. The predicted octanol–water partition coefficient (Wildman–Crippen LogP) is 6.05. The van der Waals surface area contributed by atoms with Gasteiger partial charge in [0.05, 0.1) is 0 Å². The Balaban J connectivity index is 2.12. The SMILES string of the molecule is Brc1cc(Br)c2c(c1)-c1ccccc1C21CCCC1. The zero-order valence-electron chi connectivity index (χ0n) is 10.5. The average Bonchev–Trinajstić information content (AvgIpc) is 2.97. The van der Waals surface area contributed by atoms with Crippen LogP contribution in [0.5, 0.6) is 0 Å². The number of hydrogen-bond acceptors (Lipinski definition) is 0. The molecule has 2 aliphatic rings. The first kappa shape index (κ1) is 12.2. The molecule has 2 aromatic carbocycles. The highest BCUT2D eigenvalue weighted by molar-refractivity contribution is 9.11. The van der Waals surface area contributed by atoms with E-state index in [1.54, 1.807) is 5.56 Å². The topological polar surface area (TPSA) is 0 Å². The second-order valence-corrected chi connectivity index (χ2v) is 7.41. The summed E-state index contributed by atoms with van der Waals surface area (Å²) in [5, 5.41) is 0. The molecule has 2 aromatic rings. The van der Waals surface area contributed by atoms with Crippen LogP contribution in [-0.2, 0) is 5.41 Å². The van der Waals surface area contributed by atoms with Gasteiger partial charge in [0.15, 0.2) is 0 Å². The van der Waals surface area contributed by atoms with E-state index in [-0.39, 0.29) is 5.41 Å². The fourth-order valence-corrected chi connectivity index (χ4v) is 5.64. The molecule has 0 atom stereocenters. The number of rotatable bonds is 0. The predicted molar refractivity (Wildman–Crippen MR) is 86.5 cm³/mol. The molecule has 1 saturated carbocycles. The monoisotopic (exact) mass is 376 g/mol. The highest BCUT2D eigenvalue weighted by Crippen LogP contribution is 2.59. The Kier molecular flexibility index (Phi) is 2.69. The third kappa shape index (κ3) is 1.56. The van der Waals surface area contributed by atoms with Gasteiger partial charge >= 0.3 is 0 Å². The number of fused-ring (bicyclic) bond motifs is 5. The first-order valence-electron chi connectivity index (χ1n) is 6.82. The number of benzene rings is 2. The molecule has 0 unspecified atom stereocenters. The lowest BCUT2D eigenvalue weighted by Gasteiger charge is -2.27. The van der Waals surface area contributed by atoms with Crippen LogP contribution in [0.25, 0.3) is 11.1 Å². The van der Waals surface area contributed by atoms with Gasteiger partial charge in [0, 0.05) is 14.4 Å². The van der Waals surface area contributed by atoms with E-state index in [2.05, 4.69) is 68.3 Å². The van der Waals surface area contributed by atoms with E-state index in [9.17, 15) is 0 Å². The third-order valence-corrected chi connectivity index (χ3v) is 5.81. The van der Waals surface area contributed by atoms with Crippen LogP contribution >= 0.6 is 31.9 Å². The molecular formula is C17H14Br2. The summed E-state index contributed by atoms with van der Waals surface area (Å²) < 4.78 is 2.41. The summed E-state index contributed by atoms with van der Waals surface area (Å²) in [6.45, 7) is 0. The second-order valence-electron chi connectivity index (χ2n) is 5.64. The molecule has 1 spiro atoms. The van der Waals surface area contributed by atoms with Gasteiger partial charge in [-0.2, -0.15) is 0 Å². The molecule has 0 radical (unpaired) electrons. The van der Waals surface area contributed by atoms with Crippen molar-refractivity contribution in [2.45, 2.75) is 31.1 Å². The Labute approximate surface area is 130 Å². The molecule has 2 aliphatic carbocycles. The molecular weight excluding hydrogens is 364 g/mol. The van der Waals surface area contributed by atoms with Gasteiger partial charge in [-0.1, -0.05) is 69.0 Å². The molecule has 96 valence electrons. The van der Waals surface area contributed by atoms with Crippen molar-refractivity contribution in [2.75, 3.05) is 0 Å². The molecule has 0 heterocycles. The third-order valence-electron chi connectivity index (χ3n) is 4.72. The van der Waals surface area contributed by atoms with E-state index in [0.29, 0.717) is 0 Å². The zero-order chi connectivity index (χ0) is 13.0. The van der Waals surface area contributed by atoms with Crippen molar-refractivity contribution in [3.8, 4) is 11.1 Å². The Morgan fingerprint density at radius 3 is 2.42 bits per heavy atom. The lowest BCUT2D eigenvalue weighted by atomic mass is 9.77. The van der Waals surface area contributed by atoms with E-state index < -0.39 is 0 Å². The van der Waals surface area contributed by atoms with Gasteiger partial charge in [-0.15, -0.1) is 0 Å². The maximum atomic E-state index is 3.81. The van der Waals surface area contributed by atoms with E-state index in [1.165, 1.54) is 46.8 Å². The van der Waals surface area contributed by atoms with E-state index in [0.717, 1.165) is 4.47 Å². The summed E-state index contributed by atoms with van der Waals surface area (Å²) in [5.74, 6) is 0. The number of halogens is 2. The molecule has 1 fully saturated rings. The number of hydrogen-bond donors (Lipinski definition) is 0. The van der Waals surface area contributed by atoms with Crippen LogP contribution in [0.2, 0.25) is 0 Å². The molecule has 19 heavy (non-hydrogen) atoms. The molecule has 0 amide bonds. The van der Waals surface area contributed by atoms with E-state index >= 15 is 0 Å². The maximum Gasteiger partial charge on any atom is 0.0233 e. The normalized spacial score (nSPS) is 18.6. The van der Waals surface area contributed by atoms with Crippen LogP contribution in [-0.4, -0.2) is 0 Å². The molecule has 0 aromatic heterocycles. The largest absolute Gasteiger partial charge is 0.0619 e. The molecule has 0 saturated heterocycles. The second kappa shape index (κ2) is 4.20. The molecule has 2 heteroatoms. The summed E-state index contributed by atoms with van der Waals surface area (Å²) >= 11 is 7.45. The van der Waals surface area contributed by atoms with Gasteiger partial charge < -0.3 is 0 Å². The van der Waals surface area contributed by atoms with Crippen LogP contribution in [0.15, 0.2) is 45.3 Å². The smallest absolute Gasteiger partial charge is 0.0233 e. The molecule has 0 N–H and O–H groups in total. The molecule has 0 aliphatic heterocycles. The first-order chi connectivity index (χ1) is 9.22. The van der Waals surface area contributed by atoms with Crippen LogP contribution in [0.4, 0.5) is 0 Å². The van der Waals surface area contributed by atoms with Crippen molar-refractivity contribution in [2.24, 2.45) is 0 Å². The Morgan fingerprint density at radius 2 is 1.63 bits per heavy atom. The summed E-state index contributed by atoms with van der Waals surface area (Å²) in [7, 11) is 0. The Bertz CT molecular complexity index is 667. The van der Waals surface area contributed by atoms with Crippen LogP contribution in [0.1, 0.15) is 36.8 Å². The van der Waals surface area contributed by atoms with Crippen molar-refractivity contribution >= 4 is 31.9 Å². The quantitative estimate of drug-likeness (QED) is 0.524. The zero-order valence-corrected chi connectivity index (χ0v) is 13.7. The van der Waals surface area contributed by atoms with Crippen molar-refractivity contribution < 1.29 is 0 Å². The lowest BCUT2D eigenvalue weighted by Crippen LogP contribution is -2.20. The summed E-state index contributed by atoms with van der Waals surface area (Å²) in [4.78, 5) is 0. The van der Waals surface area contributed by atoms with Crippen LogP contribution < -0.4 is 0 Å². The van der Waals surface area contributed by atoms with Crippen LogP contribution in [0.3, 0.4) is 0 Å². The van der Waals surface area contributed by atoms with Gasteiger partial charge in [-0.25, -0.2) is 0 Å². The van der Waals surface area contributed by atoms with Gasteiger partial charge in [-0.3, -0.25) is 0 Å². The summed E-state index contributed by atoms with van der Waals surface area (Å²) in [6, 6.07) is 13.4. The lowest BCUT2D eigenvalue weighted by molar-refractivity contribution is 0.547. The van der Waals surface area contributed by atoms with Gasteiger partial charge in [0.2, 0.25) is 0 Å². The van der Waals surface area contributed by atoms with Gasteiger partial charge in [0.25, 0.3) is 0 Å². The first-order valence-corrected chi connectivity index (χ1v) is 8.40. The fraction of sp³-hybridized carbons (Fsp3) is 0.294. The van der Waals surface area contributed by atoms with Crippen molar-refractivity contribution in [1.82, 2.24) is 0 Å². The Hall–Kier alpha value is -0.600.